The largest absolute Gasteiger partial charge is 0.377 e. The normalized spacial score (nSPS) is 19.8. The predicted octanol–water partition coefficient (Wildman–Crippen LogP) is 3.02. The van der Waals surface area contributed by atoms with Gasteiger partial charge in [-0.3, -0.25) is 14.4 Å². The van der Waals surface area contributed by atoms with E-state index in [4.69, 9.17) is 9.47 Å². The van der Waals surface area contributed by atoms with Crippen molar-refractivity contribution in [3.63, 3.8) is 0 Å². The zero-order valence-corrected chi connectivity index (χ0v) is 20.1. The molecule has 1 aromatic heterocycles. The number of hydrogen-bond acceptors (Lipinski definition) is 5. The van der Waals surface area contributed by atoms with Crippen molar-refractivity contribution < 1.29 is 19.1 Å². The Balaban J connectivity index is 1.77. The third kappa shape index (κ3) is 7.96. The van der Waals surface area contributed by atoms with Gasteiger partial charge in [0.25, 0.3) is 11.8 Å². The van der Waals surface area contributed by atoms with Crippen LogP contribution in [0, 0.1) is 0 Å². The highest BCUT2D eigenvalue weighted by atomic mass is 16.5. The number of nitrogens with one attached hydrogen (secondary N) is 2. The lowest BCUT2D eigenvalue weighted by Crippen LogP contribution is -2.40. The Morgan fingerprint density at radius 1 is 1.03 bits per heavy atom. The lowest BCUT2D eigenvalue weighted by atomic mass is 9.96. The van der Waals surface area contributed by atoms with Gasteiger partial charge in [-0.05, 0) is 39.5 Å². The first kappa shape index (κ1) is 25.4. The van der Waals surface area contributed by atoms with E-state index in [9.17, 15) is 14.4 Å². The molecule has 2 aliphatic rings. The fourth-order valence-electron chi connectivity index (χ4n) is 4.50. The second kappa shape index (κ2) is 12.9. The van der Waals surface area contributed by atoms with E-state index in [2.05, 4.69) is 10.6 Å². The molecule has 3 rings (SSSR count). The lowest BCUT2D eigenvalue weighted by molar-refractivity contribution is 0.0745. The summed E-state index contributed by atoms with van der Waals surface area (Å²) in [5, 5.41) is 5.80. The molecule has 8 heteroatoms. The van der Waals surface area contributed by atoms with Crippen LogP contribution in [0.2, 0.25) is 0 Å². The summed E-state index contributed by atoms with van der Waals surface area (Å²) >= 11 is 0. The number of pyridine rings is 1. The smallest absolute Gasteiger partial charge is 0.256 e. The van der Waals surface area contributed by atoms with Gasteiger partial charge in [-0.15, -0.1) is 0 Å². The Bertz CT molecular complexity index is 837. The average Bonchev–Trinajstić information content (AvgIpc) is 3.26. The van der Waals surface area contributed by atoms with Crippen molar-refractivity contribution in [2.24, 2.45) is 0 Å². The fraction of sp³-hybridized carbons (Fsp3) is 0.720. The van der Waals surface area contributed by atoms with E-state index in [1.165, 1.54) is 25.5 Å². The summed E-state index contributed by atoms with van der Waals surface area (Å²) in [5.41, 5.74) is -0.548. The van der Waals surface area contributed by atoms with Crippen molar-refractivity contribution in [3.8, 4) is 0 Å². The highest BCUT2D eigenvalue weighted by Gasteiger charge is 2.23. The maximum atomic E-state index is 13.1. The summed E-state index contributed by atoms with van der Waals surface area (Å²) in [4.78, 5) is 39.1. The Kier molecular flexibility index (Phi) is 9.94. The predicted molar refractivity (Wildman–Crippen MR) is 127 cm³/mol. The Labute approximate surface area is 196 Å². The van der Waals surface area contributed by atoms with Gasteiger partial charge in [0.15, 0.2) is 0 Å². The summed E-state index contributed by atoms with van der Waals surface area (Å²) in [7, 11) is 0. The average molecular weight is 462 g/mol. The first-order valence-electron chi connectivity index (χ1n) is 12.5. The number of carbonyl (C=O) groups is 2. The van der Waals surface area contributed by atoms with E-state index in [0.717, 1.165) is 38.5 Å². The Morgan fingerprint density at radius 3 is 2.33 bits per heavy atom. The van der Waals surface area contributed by atoms with Crippen LogP contribution in [0.4, 0.5) is 0 Å². The van der Waals surface area contributed by atoms with Gasteiger partial charge < -0.3 is 24.7 Å². The van der Waals surface area contributed by atoms with Crippen LogP contribution < -0.4 is 16.1 Å². The van der Waals surface area contributed by atoms with E-state index >= 15 is 0 Å². The third-order valence-electron chi connectivity index (χ3n) is 6.29. The molecule has 1 aliphatic carbocycles. The SMILES string of the molecule is CC(C)OCCNC(=O)c1cn(CC2CCCO2)cc(C(=O)NC2CCCCCCC2)c1=O. The van der Waals surface area contributed by atoms with E-state index in [1.54, 1.807) is 10.8 Å². The molecule has 2 N–H and O–H groups in total. The highest BCUT2D eigenvalue weighted by molar-refractivity contribution is 5.99. The number of hydrogen-bond donors (Lipinski definition) is 2. The molecule has 1 aromatic rings. The molecule has 1 atom stereocenters. The molecule has 2 amide bonds. The number of rotatable bonds is 9. The van der Waals surface area contributed by atoms with Crippen molar-refractivity contribution in [2.45, 2.75) is 96.4 Å². The Morgan fingerprint density at radius 2 is 1.70 bits per heavy atom. The van der Waals surface area contributed by atoms with Crippen molar-refractivity contribution >= 4 is 11.8 Å². The van der Waals surface area contributed by atoms with Gasteiger partial charge in [-0.2, -0.15) is 0 Å². The summed E-state index contributed by atoms with van der Waals surface area (Å²) in [5.74, 6) is -0.890. The summed E-state index contributed by atoms with van der Waals surface area (Å²) in [6.07, 6.45) is 12.7. The molecule has 184 valence electrons. The van der Waals surface area contributed by atoms with Crippen LogP contribution in [0.25, 0.3) is 0 Å². The fourth-order valence-corrected chi connectivity index (χ4v) is 4.50. The van der Waals surface area contributed by atoms with Gasteiger partial charge in [0.1, 0.15) is 11.1 Å². The molecule has 0 aromatic carbocycles. The lowest BCUT2D eigenvalue weighted by Gasteiger charge is -2.21. The molecule has 1 saturated carbocycles. The van der Waals surface area contributed by atoms with E-state index in [1.807, 2.05) is 13.8 Å². The zero-order valence-electron chi connectivity index (χ0n) is 20.1. The molecular formula is C25H39N3O5. The Hall–Kier alpha value is -2.19. The molecule has 1 unspecified atom stereocenters. The topological polar surface area (TPSA) is 98.7 Å². The quantitative estimate of drug-likeness (QED) is 0.551. The monoisotopic (exact) mass is 461 g/mol. The molecule has 2 fully saturated rings. The van der Waals surface area contributed by atoms with Crippen LogP contribution >= 0.6 is 0 Å². The van der Waals surface area contributed by atoms with Gasteiger partial charge in [0.2, 0.25) is 5.43 Å². The number of aromatic nitrogens is 1. The molecular weight excluding hydrogens is 422 g/mol. The molecule has 0 radical (unpaired) electrons. The van der Waals surface area contributed by atoms with Crippen LogP contribution in [-0.2, 0) is 16.0 Å². The molecule has 0 bridgehead atoms. The molecule has 1 saturated heterocycles. The summed E-state index contributed by atoms with van der Waals surface area (Å²) in [6, 6.07) is 0.0643. The standard InChI is InChI=1S/C25H39N3O5/c1-18(2)32-14-12-26-24(30)21-16-28(15-20-11-8-13-33-20)17-22(23(21)29)25(31)27-19-9-6-4-3-5-7-10-19/h16-20H,3-15H2,1-2H3,(H,26,30)(H,27,31). The van der Waals surface area contributed by atoms with Gasteiger partial charge in [-0.1, -0.05) is 32.1 Å². The van der Waals surface area contributed by atoms with Gasteiger partial charge in [0.05, 0.1) is 18.8 Å². The van der Waals surface area contributed by atoms with Gasteiger partial charge in [0, 0.05) is 38.1 Å². The number of ether oxygens (including phenoxy) is 2. The third-order valence-corrected chi connectivity index (χ3v) is 6.29. The van der Waals surface area contributed by atoms with Crippen LogP contribution in [0.1, 0.15) is 92.4 Å². The van der Waals surface area contributed by atoms with Crippen LogP contribution in [0.3, 0.4) is 0 Å². The van der Waals surface area contributed by atoms with E-state index in [0.29, 0.717) is 26.3 Å². The zero-order chi connectivity index (χ0) is 23.6. The second-order valence-electron chi connectivity index (χ2n) is 9.44. The molecule has 8 nitrogen and oxygen atoms in total. The van der Waals surface area contributed by atoms with Crippen LogP contribution in [-0.4, -0.2) is 54.4 Å². The van der Waals surface area contributed by atoms with E-state index in [-0.39, 0.29) is 29.4 Å². The number of carbonyl (C=O) groups excluding carboxylic acids is 2. The number of amides is 2. The summed E-state index contributed by atoms with van der Waals surface area (Å²) in [6.45, 7) is 5.70. The first-order valence-corrected chi connectivity index (χ1v) is 12.5. The maximum Gasteiger partial charge on any atom is 0.256 e. The van der Waals surface area contributed by atoms with Crippen molar-refractivity contribution in [3.05, 3.63) is 33.7 Å². The minimum atomic E-state index is -0.538. The second-order valence-corrected chi connectivity index (χ2v) is 9.44. The molecule has 1 aliphatic heterocycles. The van der Waals surface area contributed by atoms with Crippen molar-refractivity contribution in [1.29, 1.82) is 0 Å². The summed E-state index contributed by atoms with van der Waals surface area (Å²) < 4.78 is 12.9. The molecule has 2 heterocycles. The van der Waals surface area contributed by atoms with Crippen molar-refractivity contribution in [2.75, 3.05) is 19.8 Å². The molecule has 33 heavy (non-hydrogen) atoms. The van der Waals surface area contributed by atoms with Gasteiger partial charge in [-0.25, -0.2) is 0 Å². The number of nitrogens with zero attached hydrogens (tertiary/aromatic N) is 1. The van der Waals surface area contributed by atoms with Crippen molar-refractivity contribution in [1.82, 2.24) is 15.2 Å². The minimum absolute atomic E-state index is 0.0149. The van der Waals surface area contributed by atoms with Crippen LogP contribution in [0.5, 0.6) is 0 Å². The van der Waals surface area contributed by atoms with E-state index < -0.39 is 17.2 Å². The van der Waals surface area contributed by atoms with Crippen LogP contribution in [0.15, 0.2) is 17.2 Å². The molecule has 0 spiro atoms. The maximum absolute atomic E-state index is 13.1. The minimum Gasteiger partial charge on any atom is -0.377 e. The van der Waals surface area contributed by atoms with Gasteiger partial charge >= 0.3 is 0 Å². The first-order chi connectivity index (χ1) is 15.9. The highest BCUT2D eigenvalue weighted by Crippen LogP contribution is 2.18.